The summed E-state index contributed by atoms with van der Waals surface area (Å²) in [6.07, 6.45) is 1.78. The monoisotopic (exact) mass is 242 g/mol. The van der Waals surface area contributed by atoms with Crippen LogP contribution in [0.5, 0.6) is 0 Å². The molecule has 0 aromatic heterocycles. The second-order valence-corrected chi connectivity index (χ2v) is 4.34. The standard InChI is InChI=1S/C13H20F2N2/c1-4-9(5-2)13(17-16)10-6-8(3)11(14)7-12(10)15/h6-7,9,13,17H,4-5,16H2,1-3H3. The Kier molecular flexibility index (Phi) is 5.02. The van der Waals surface area contributed by atoms with Crippen LogP contribution in [0.2, 0.25) is 0 Å². The summed E-state index contributed by atoms with van der Waals surface area (Å²) in [6.45, 7) is 5.69. The van der Waals surface area contributed by atoms with Crippen molar-refractivity contribution in [2.45, 2.75) is 39.7 Å². The molecule has 0 aliphatic heterocycles. The normalized spacial score (nSPS) is 13.1. The first-order valence-corrected chi connectivity index (χ1v) is 5.96. The van der Waals surface area contributed by atoms with E-state index in [-0.39, 0.29) is 12.0 Å². The van der Waals surface area contributed by atoms with Crippen LogP contribution in [0.25, 0.3) is 0 Å². The largest absolute Gasteiger partial charge is 0.271 e. The van der Waals surface area contributed by atoms with Crippen LogP contribution in [0, 0.1) is 24.5 Å². The minimum atomic E-state index is -0.539. The summed E-state index contributed by atoms with van der Waals surface area (Å²) in [7, 11) is 0. The summed E-state index contributed by atoms with van der Waals surface area (Å²) < 4.78 is 27.0. The molecule has 0 heterocycles. The average molecular weight is 242 g/mol. The third-order valence-corrected chi connectivity index (χ3v) is 3.31. The first kappa shape index (κ1) is 14.1. The highest BCUT2D eigenvalue weighted by atomic mass is 19.1. The summed E-state index contributed by atoms with van der Waals surface area (Å²) in [6, 6.07) is 2.19. The molecule has 0 saturated carbocycles. The van der Waals surface area contributed by atoms with Crippen molar-refractivity contribution < 1.29 is 8.78 Å². The van der Waals surface area contributed by atoms with E-state index in [0.717, 1.165) is 18.9 Å². The molecule has 2 nitrogen and oxygen atoms in total. The van der Waals surface area contributed by atoms with Gasteiger partial charge in [-0.25, -0.2) is 8.78 Å². The van der Waals surface area contributed by atoms with Gasteiger partial charge in [-0.15, -0.1) is 0 Å². The third kappa shape index (κ3) is 3.01. The number of halogens is 2. The molecule has 1 rings (SSSR count). The summed E-state index contributed by atoms with van der Waals surface area (Å²) in [5.41, 5.74) is 3.53. The Bertz CT molecular complexity index is 376. The van der Waals surface area contributed by atoms with Crippen molar-refractivity contribution in [2.75, 3.05) is 0 Å². The second-order valence-electron chi connectivity index (χ2n) is 4.34. The summed E-state index contributed by atoms with van der Waals surface area (Å²) >= 11 is 0. The van der Waals surface area contributed by atoms with Crippen molar-refractivity contribution in [1.82, 2.24) is 5.43 Å². The fraction of sp³-hybridized carbons (Fsp3) is 0.538. The lowest BCUT2D eigenvalue weighted by molar-refractivity contribution is 0.335. The van der Waals surface area contributed by atoms with Gasteiger partial charge in [-0.2, -0.15) is 0 Å². The zero-order chi connectivity index (χ0) is 13.0. The molecule has 0 saturated heterocycles. The number of hydrazine groups is 1. The predicted molar refractivity (Wildman–Crippen MR) is 65.2 cm³/mol. The summed E-state index contributed by atoms with van der Waals surface area (Å²) in [5.74, 6) is 4.68. The number of nitrogens with two attached hydrogens (primary N) is 1. The van der Waals surface area contributed by atoms with Gasteiger partial charge in [0.1, 0.15) is 11.6 Å². The van der Waals surface area contributed by atoms with E-state index in [4.69, 9.17) is 5.84 Å². The first-order valence-electron chi connectivity index (χ1n) is 5.96. The first-order chi connectivity index (χ1) is 8.04. The lowest BCUT2D eigenvalue weighted by atomic mass is 9.88. The number of hydrogen-bond acceptors (Lipinski definition) is 2. The van der Waals surface area contributed by atoms with Gasteiger partial charge in [0.25, 0.3) is 0 Å². The Morgan fingerprint density at radius 3 is 2.24 bits per heavy atom. The minimum absolute atomic E-state index is 0.236. The zero-order valence-electron chi connectivity index (χ0n) is 10.6. The molecule has 1 aromatic rings. The van der Waals surface area contributed by atoms with Crippen LogP contribution >= 0.6 is 0 Å². The SMILES string of the molecule is CCC(CC)C(NN)c1cc(C)c(F)cc1F. The van der Waals surface area contributed by atoms with Gasteiger partial charge < -0.3 is 0 Å². The van der Waals surface area contributed by atoms with Gasteiger partial charge in [0.05, 0.1) is 6.04 Å². The molecule has 17 heavy (non-hydrogen) atoms. The van der Waals surface area contributed by atoms with Crippen LogP contribution in [-0.2, 0) is 0 Å². The molecule has 0 radical (unpaired) electrons. The Hall–Kier alpha value is -1.00. The molecule has 0 spiro atoms. The van der Waals surface area contributed by atoms with E-state index in [1.54, 1.807) is 6.92 Å². The second kappa shape index (κ2) is 6.07. The van der Waals surface area contributed by atoms with Gasteiger partial charge in [0, 0.05) is 11.6 Å². The maximum Gasteiger partial charge on any atom is 0.130 e. The Morgan fingerprint density at radius 2 is 1.76 bits per heavy atom. The molecule has 0 bridgehead atoms. The maximum absolute atomic E-state index is 13.8. The van der Waals surface area contributed by atoms with Crippen molar-refractivity contribution in [3.63, 3.8) is 0 Å². The molecule has 1 atom stereocenters. The van der Waals surface area contributed by atoms with Crippen LogP contribution in [0.15, 0.2) is 12.1 Å². The molecular formula is C13H20F2N2. The van der Waals surface area contributed by atoms with Gasteiger partial charge in [-0.05, 0) is 24.5 Å². The van der Waals surface area contributed by atoms with Crippen molar-refractivity contribution in [3.05, 3.63) is 34.9 Å². The lowest BCUT2D eigenvalue weighted by Crippen LogP contribution is -2.34. The quantitative estimate of drug-likeness (QED) is 0.614. The highest BCUT2D eigenvalue weighted by molar-refractivity contribution is 5.28. The molecule has 4 heteroatoms. The number of aryl methyl sites for hydroxylation is 1. The third-order valence-electron chi connectivity index (χ3n) is 3.31. The van der Waals surface area contributed by atoms with E-state index in [9.17, 15) is 8.78 Å². The molecule has 96 valence electrons. The van der Waals surface area contributed by atoms with Crippen LogP contribution in [0.3, 0.4) is 0 Å². The lowest BCUT2D eigenvalue weighted by Gasteiger charge is -2.25. The van der Waals surface area contributed by atoms with Crippen molar-refractivity contribution in [2.24, 2.45) is 11.8 Å². The highest BCUT2D eigenvalue weighted by Gasteiger charge is 2.23. The molecule has 3 N–H and O–H groups in total. The van der Waals surface area contributed by atoms with Crippen LogP contribution in [0.4, 0.5) is 8.78 Å². The van der Waals surface area contributed by atoms with E-state index in [1.807, 2.05) is 13.8 Å². The number of rotatable bonds is 5. The molecule has 0 amide bonds. The smallest absolute Gasteiger partial charge is 0.130 e. The molecule has 0 aliphatic rings. The molecule has 0 fully saturated rings. The van der Waals surface area contributed by atoms with Crippen LogP contribution in [0.1, 0.15) is 43.9 Å². The minimum Gasteiger partial charge on any atom is -0.271 e. The molecule has 0 aliphatic carbocycles. The fourth-order valence-electron chi connectivity index (χ4n) is 2.16. The Labute approximate surface area is 101 Å². The highest BCUT2D eigenvalue weighted by Crippen LogP contribution is 2.29. The Morgan fingerprint density at radius 1 is 1.18 bits per heavy atom. The van der Waals surface area contributed by atoms with Gasteiger partial charge in [-0.3, -0.25) is 11.3 Å². The van der Waals surface area contributed by atoms with Gasteiger partial charge >= 0.3 is 0 Å². The van der Waals surface area contributed by atoms with E-state index in [1.165, 1.54) is 6.07 Å². The van der Waals surface area contributed by atoms with Crippen LogP contribution in [-0.4, -0.2) is 0 Å². The average Bonchev–Trinajstić information content (AvgIpc) is 2.31. The fourth-order valence-corrected chi connectivity index (χ4v) is 2.16. The van der Waals surface area contributed by atoms with E-state index < -0.39 is 11.6 Å². The van der Waals surface area contributed by atoms with Gasteiger partial charge in [0.2, 0.25) is 0 Å². The summed E-state index contributed by atoms with van der Waals surface area (Å²) in [4.78, 5) is 0. The van der Waals surface area contributed by atoms with E-state index in [0.29, 0.717) is 11.1 Å². The van der Waals surface area contributed by atoms with E-state index >= 15 is 0 Å². The predicted octanol–water partition coefficient (Wildman–Crippen LogP) is 3.21. The molecule has 1 unspecified atom stereocenters. The van der Waals surface area contributed by atoms with Gasteiger partial charge in [0.15, 0.2) is 0 Å². The number of hydrogen-bond donors (Lipinski definition) is 2. The van der Waals surface area contributed by atoms with E-state index in [2.05, 4.69) is 5.43 Å². The van der Waals surface area contributed by atoms with Gasteiger partial charge in [-0.1, -0.05) is 26.7 Å². The topological polar surface area (TPSA) is 38.0 Å². The van der Waals surface area contributed by atoms with Crippen molar-refractivity contribution in [1.29, 1.82) is 0 Å². The van der Waals surface area contributed by atoms with Crippen molar-refractivity contribution in [3.8, 4) is 0 Å². The zero-order valence-corrected chi connectivity index (χ0v) is 10.6. The van der Waals surface area contributed by atoms with Crippen molar-refractivity contribution >= 4 is 0 Å². The Balaban J connectivity index is 3.15. The molecule has 1 aromatic carbocycles. The number of benzene rings is 1. The maximum atomic E-state index is 13.8. The van der Waals surface area contributed by atoms with Crippen LogP contribution < -0.4 is 11.3 Å². The summed E-state index contributed by atoms with van der Waals surface area (Å²) in [5, 5.41) is 0. The number of nitrogens with one attached hydrogen (secondary N) is 1. The molecular weight excluding hydrogens is 222 g/mol.